The molecule has 1 heterocycles. The minimum absolute atomic E-state index is 0.197. The highest BCUT2D eigenvalue weighted by Gasteiger charge is 2.09. The third-order valence-corrected chi connectivity index (χ3v) is 3.72. The molecule has 124 valence electrons. The highest BCUT2D eigenvalue weighted by Crippen LogP contribution is 2.18. The number of nitrogens with one attached hydrogen (secondary N) is 2. The lowest BCUT2D eigenvalue weighted by atomic mass is 10.2. The van der Waals surface area contributed by atoms with Crippen molar-refractivity contribution in [2.45, 2.75) is 6.54 Å². The van der Waals surface area contributed by atoms with Gasteiger partial charge >= 0.3 is 6.03 Å². The Bertz CT molecular complexity index is 769. The van der Waals surface area contributed by atoms with Crippen LogP contribution in [0.15, 0.2) is 54.6 Å². The van der Waals surface area contributed by atoms with E-state index in [-0.39, 0.29) is 5.69 Å². The number of nitrogens with zero attached hydrogens (tertiary/aromatic N) is 1. The summed E-state index contributed by atoms with van der Waals surface area (Å²) in [7, 11) is 0. The van der Waals surface area contributed by atoms with E-state index in [9.17, 15) is 13.6 Å². The quantitative estimate of drug-likeness (QED) is 0.841. The maximum atomic E-state index is 13.1. The Morgan fingerprint density at radius 3 is 2.58 bits per heavy atom. The van der Waals surface area contributed by atoms with Gasteiger partial charge < -0.3 is 15.5 Å². The Hall–Kier alpha value is -2.89. The molecule has 0 spiro atoms. The van der Waals surface area contributed by atoms with Crippen molar-refractivity contribution in [2.75, 3.05) is 23.3 Å². The fourth-order valence-corrected chi connectivity index (χ4v) is 2.48. The molecule has 0 radical (unpaired) electrons. The molecule has 4 nitrogen and oxygen atoms in total. The van der Waals surface area contributed by atoms with Crippen LogP contribution in [0.2, 0.25) is 0 Å². The van der Waals surface area contributed by atoms with Gasteiger partial charge in [0.1, 0.15) is 0 Å². The largest absolute Gasteiger partial charge is 0.364 e. The van der Waals surface area contributed by atoms with Gasteiger partial charge in [0.2, 0.25) is 0 Å². The molecule has 24 heavy (non-hydrogen) atoms. The molecule has 0 unspecified atom stereocenters. The van der Waals surface area contributed by atoms with E-state index < -0.39 is 17.7 Å². The highest BCUT2D eigenvalue weighted by molar-refractivity contribution is 5.89. The average Bonchev–Trinajstić information content (AvgIpc) is 3.11. The number of carbonyl (C=O) groups excluding carboxylic acids is 1. The van der Waals surface area contributed by atoms with Crippen LogP contribution in [0.3, 0.4) is 0 Å². The van der Waals surface area contributed by atoms with Gasteiger partial charge in [-0.25, -0.2) is 13.6 Å². The smallest absolute Gasteiger partial charge is 0.319 e. The molecule has 0 atom stereocenters. The summed E-state index contributed by atoms with van der Waals surface area (Å²) in [5, 5.41) is 5.17. The normalized spacial score (nSPS) is 13.2. The second-order valence-electron chi connectivity index (χ2n) is 5.48. The predicted octanol–water partition coefficient (Wildman–Crippen LogP) is 3.66. The van der Waals surface area contributed by atoms with Crippen molar-refractivity contribution >= 4 is 17.4 Å². The number of benzene rings is 2. The van der Waals surface area contributed by atoms with Gasteiger partial charge in [-0.3, -0.25) is 0 Å². The molecule has 6 heteroatoms. The number of carbonyl (C=O) groups is 1. The van der Waals surface area contributed by atoms with Crippen molar-refractivity contribution < 1.29 is 13.6 Å². The maximum absolute atomic E-state index is 13.1. The first-order valence-corrected chi connectivity index (χ1v) is 7.60. The van der Waals surface area contributed by atoms with Crippen molar-refractivity contribution in [3.63, 3.8) is 0 Å². The van der Waals surface area contributed by atoms with E-state index in [2.05, 4.69) is 27.7 Å². The molecule has 0 saturated heterocycles. The second kappa shape index (κ2) is 7.12. The van der Waals surface area contributed by atoms with Crippen LogP contribution < -0.4 is 15.5 Å². The molecule has 0 aliphatic carbocycles. The first-order chi connectivity index (χ1) is 11.6. The van der Waals surface area contributed by atoms with E-state index in [1.807, 2.05) is 24.3 Å². The van der Waals surface area contributed by atoms with Gasteiger partial charge in [-0.1, -0.05) is 24.3 Å². The fraction of sp³-hybridized carbons (Fsp3) is 0.167. The summed E-state index contributed by atoms with van der Waals surface area (Å²) < 4.78 is 26.0. The van der Waals surface area contributed by atoms with Crippen molar-refractivity contribution in [2.24, 2.45) is 0 Å². The first-order valence-electron chi connectivity index (χ1n) is 7.60. The number of rotatable bonds is 4. The average molecular weight is 329 g/mol. The summed E-state index contributed by atoms with van der Waals surface area (Å²) in [4.78, 5) is 14.1. The minimum Gasteiger partial charge on any atom is -0.364 e. The molecule has 0 saturated carbocycles. The van der Waals surface area contributed by atoms with Gasteiger partial charge in [0.15, 0.2) is 11.6 Å². The van der Waals surface area contributed by atoms with E-state index in [1.54, 1.807) is 0 Å². The molecule has 2 aromatic carbocycles. The summed E-state index contributed by atoms with van der Waals surface area (Å²) in [5.41, 5.74) is 2.25. The van der Waals surface area contributed by atoms with Crippen molar-refractivity contribution in [3.8, 4) is 0 Å². The van der Waals surface area contributed by atoms with Crippen LogP contribution in [0.4, 0.5) is 25.0 Å². The topological polar surface area (TPSA) is 44.4 Å². The molecule has 2 N–H and O–H groups in total. The molecular weight excluding hydrogens is 312 g/mol. The zero-order valence-electron chi connectivity index (χ0n) is 12.9. The molecule has 0 aromatic heterocycles. The second-order valence-corrected chi connectivity index (χ2v) is 5.48. The zero-order chi connectivity index (χ0) is 16.9. The van der Waals surface area contributed by atoms with Crippen LogP contribution in [0.5, 0.6) is 0 Å². The van der Waals surface area contributed by atoms with Crippen molar-refractivity contribution in [3.05, 3.63) is 71.8 Å². The molecule has 2 amide bonds. The Morgan fingerprint density at radius 2 is 1.83 bits per heavy atom. The van der Waals surface area contributed by atoms with E-state index in [0.29, 0.717) is 6.54 Å². The molecular formula is C18H17F2N3O. The summed E-state index contributed by atoms with van der Waals surface area (Å²) >= 11 is 0. The number of halogens is 2. The lowest BCUT2D eigenvalue weighted by Gasteiger charge is -2.18. The summed E-state index contributed by atoms with van der Waals surface area (Å²) in [6, 6.07) is 10.6. The van der Waals surface area contributed by atoms with Crippen LogP contribution in [0.25, 0.3) is 0 Å². The van der Waals surface area contributed by atoms with Crippen LogP contribution in [0.1, 0.15) is 5.56 Å². The molecule has 1 aliphatic heterocycles. The molecule has 0 fully saturated rings. The van der Waals surface area contributed by atoms with Crippen LogP contribution >= 0.6 is 0 Å². The Labute approximate surface area is 138 Å². The Morgan fingerprint density at radius 1 is 1.04 bits per heavy atom. The molecule has 0 bridgehead atoms. The summed E-state index contributed by atoms with van der Waals surface area (Å²) in [6.07, 6.45) is 4.22. The third-order valence-electron chi connectivity index (χ3n) is 3.72. The number of urea groups is 1. The third kappa shape index (κ3) is 3.90. The summed E-state index contributed by atoms with van der Waals surface area (Å²) in [6.45, 7) is 2.10. The SMILES string of the molecule is O=C(NCc1cccc(N2CC=CC2)c1)Nc1ccc(F)c(F)c1. The Balaban J connectivity index is 1.56. The van der Waals surface area contributed by atoms with Crippen molar-refractivity contribution in [1.29, 1.82) is 0 Å². The van der Waals surface area contributed by atoms with E-state index in [1.165, 1.54) is 6.07 Å². The highest BCUT2D eigenvalue weighted by atomic mass is 19.2. The van der Waals surface area contributed by atoms with Gasteiger partial charge in [0, 0.05) is 37.1 Å². The van der Waals surface area contributed by atoms with E-state index >= 15 is 0 Å². The van der Waals surface area contributed by atoms with Crippen LogP contribution in [0, 0.1) is 11.6 Å². The van der Waals surface area contributed by atoms with Gasteiger partial charge in [-0.2, -0.15) is 0 Å². The minimum atomic E-state index is -1.00. The molecule has 3 rings (SSSR count). The number of hydrogen-bond donors (Lipinski definition) is 2. The standard InChI is InChI=1S/C18H17F2N3O/c19-16-7-6-14(11-17(16)20)22-18(24)21-12-13-4-3-5-15(10-13)23-8-1-2-9-23/h1-7,10-11H,8-9,12H2,(H2,21,22,24). The zero-order valence-corrected chi connectivity index (χ0v) is 12.9. The van der Waals surface area contributed by atoms with Gasteiger partial charge in [0.25, 0.3) is 0 Å². The number of hydrogen-bond acceptors (Lipinski definition) is 2. The summed E-state index contributed by atoms with van der Waals surface area (Å²) in [5.74, 6) is -1.95. The fourth-order valence-electron chi connectivity index (χ4n) is 2.48. The monoisotopic (exact) mass is 329 g/mol. The van der Waals surface area contributed by atoms with Crippen LogP contribution in [-0.4, -0.2) is 19.1 Å². The maximum Gasteiger partial charge on any atom is 0.319 e. The first kappa shape index (κ1) is 16.0. The van der Waals surface area contributed by atoms with Gasteiger partial charge in [0.05, 0.1) is 0 Å². The van der Waals surface area contributed by atoms with Crippen LogP contribution in [-0.2, 0) is 6.54 Å². The number of anilines is 2. The van der Waals surface area contributed by atoms with Gasteiger partial charge in [-0.05, 0) is 29.8 Å². The molecule has 1 aliphatic rings. The van der Waals surface area contributed by atoms with E-state index in [4.69, 9.17) is 0 Å². The van der Waals surface area contributed by atoms with Gasteiger partial charge in [-0.15, -0.1) is 0 Å². The van der Waals surface area contributed by atoms with Crippen molar-refractivity contribution in [1.82, 2.24) is 5.32 Å². The predicted molar refractivity (Wildman–Crippen MR) is 90.0 cm³/mol. The van der Waals surface area contributed by atoms with E-state index in [0.717, 1.165) is 36.5 Å². The molecule has 2 aromatic rings. The Kier molecular flexibility index (Phi) is 4.74. The lowest BCUT2D eigenvalue weighted by Crippen LogP contribution is -2.28. The lowest BCUT2D eigenvalue weighted by molar-refractivity contribution is 0.251. The number of amides is 2.